The highest BCUT2D eigenvalue weighted by molar-refractivity contribution is 6.30. The molecule has 0 aliphatic heterocycles. The maximum absolute atomic E-state index is 12.3. The number of carbonyl (C=O) groups is 1. The summed E-state index contributed by atoms with van der Waals surface area (Å²) in [6, 6.07) is 14.3. The van der Waals surface area contributed by atoms with Crippen LogP contribution in [0.1, 0.15) is 12.0 Å². The highest BCUT2D eigenvalue weighted by Crippen LogP contribution is 2.10. The predicted octanol–water partition coefficient (Wildman–Crippen LogP) is 3.70. The molecule has 2 aromatic carbocycles. The summed E-state index contributed by atoms with van der Waals surface area (Å²) in [5, 5.41) is 1.22. The number of nitrogens with zero attached hydrogens (tertiary/aromatic N) is 2. The molecule has 5 nitrogen and oxygen atoms in total. The van der Waals surface area contributed by atoms with Crippen molar-refractivity contribution >= 4 is 34.5 Å². The third-order valence-electron chi connectivity index (χ3n) is 3.80. The van der Waals surface area contributed by atoms with E-state index in [0.29, 0.717) is 28.9 Å². The number of hydrogen-bond donors (Lipinski definition) is 0. The Morgan fingerprint density at radius 1 is 1.15 bits per heavy atom. The number of hydrogen-bond acceptors (Lipinski definition) is 4. The van der Waals surface area contributed by atoms with Gasteiger partial charge < -0.3 is 4.74 Å². The molecule has 0 saturated carbocycles. The van der Waals surface area contributed by atoms with Gasteiger partial charge in [-0.05, 0) is 42.3 Å². The molecule has 0 N–H and O–H groups in total. The van der Waals surface area contributed by atoms with Crippen molar-refractivity contribution in [3.63, 3.8) is 0 Å². The monoisotopic (exact) mass is 368 g/mol. The Bertz CT molecular complexity index is 994. The number of carbonyl (C=O) groups excluding carboxylic acids is 1. The molecule has 1 aromatic heterocycles. The normalized spacial score (nSPS) is 11.1. The second-order valence-electron chi connectivity index (χ2n) is 5.67. The van der Waals surface area contributed by atoms with Gasteiger partial charge in [0.05, 0.1) is 23.8 Å². The number of aromatic nitrogens is 2. The fraction of sp³-hybridized carbons (Fsp3) is 0.150. The van der Waals surface area contributed by atoms with Crippen molar-refractivity contribution in [3.05, 3.63) is 81.9 Å². The standard InChI is InChI=1S/C20H17ClN2O3/c21-16-9-6-15(7-10-16)8-11-19(24)26-13-3-12-23-14-22-18-5-2-1-4-17(18)20(23)25/h1-2,4-11,14H,3,12-13H2/b11-8+. The van der Waals surface area contributed by atoms with Crippen LogP contribution in [0.4, 0.5) is 0 Å². The zero-order valence-electron chi connectivity index (χ0n) is 14.0. The SMILES string of the molecule is O=C(/C=C/c1ccc(Cl)cc1)OCCCn1cnc2ccccc2c1=O. The van der Waals surface area contributed by atoms with Crippen LogP contribution in [0.2, 0.25) is 5.02 Å². The summed E-state index contributed by atoms with van der Waals surface area (Å²) in [5.41, 5.74) is 1.44. The van der Waals surface area contributed by atoms with Crippen molar-refractivity contribution in [2.24, 2.45) is 0 Å². The van der Waals surface area contributed by atoms with E-state index in [9.17, 15) is 9.59 Å². The van der Waals surface area contributed by atoms with E-state index in [4.69, 9.17) is 16.3 Å². The molecule has 0 radical (unpaired) electrons. The molecule has 0 aliphatic rings. The zero-order chi connectivity index (χ0) is 18.4. The molecule has 132 valence electrons. The Kier molecular flexibility index (Phi) is 5.81. The number of ether oxygens (including phenoxy) is 1. The zero-order valence-corrected chi connectivity index (χ0v) is 14.7. The summed E-state index contributed by atoms with van der Waals surface area (Å²) in [7, 11) is 0. The lowest BCUT2D eigenvalue weighted by atomic mass is 10.2. The van der Waals surface area contributed by atoms with Gasteiger partial charge in [0.2, 0.25) is 0 Å². The number of fused-ring (bicyclic) bond motifs is 1. The Morgan fingerprint density at radius 3 is 2.73 bits per heavy atom. The maximum Gasteiger partial charge on any atom is 0.330 e. The van der Waals surface area contributed by atoms with Crippen molar-refractivity contribution in [2.75, 3.05) is 6.61 Å². The van der Waals surface area contributed by atoms with Gasteiger partial charge in [0.15, 0.2) is 0 Å². The minimum Gasteiger partial charge on any atom is -0.462 e. The fourth-order valence-corrected chi connectivity index (χ4v) is 2.59. The smallest absolute Gasteiger partial charge is 0.330 e. The molecule has 0 spiro atoms. The largest absolute Gasteiger partial charge is 0.462 e. The minimum absolute atomic E-state index is 0.0930. The van der Waals surface area contributed by atoms with Gasteiger partial charge in [-0.15, -0.1) is 0 Å². The summed E-state index contributed by atoms with van der Waals surface area (Å²) < 4.78 is 6.68. The van der Waals surface area contributed by atoms with Gasteiger partial charge in [-0.1, -0.05) is 35.9 Å². The highest BCUT2D eigenvalue weighted by atomic mass is 35.5. The lowest BCUT2D eigenvalue weighted by Gasteiger charge is -2.06. The summed E-state index contributed by atoms with van der Waals surface area (Å²) in [4.78, 5) is 28.3. The van der Waals surface area contributed by atoms with Gasteiger partial charge >= 0.3 is 5.97 Å². The first-order chi connectivity index (χ1) is 12.6. The van der Waals surface area contributed by atoms with Crippen molar-refractivity contribution < 1.29 is 9.53 Å². The van der Waals surface area contributed by atoms with E-state index in [1.54, 1.807) is 30.3 Å². The molecule has 26 heavy (non-hydrogen) atoms. The minimum atomic E-state index is -0.427. The van der Waals surface area contributed by atoms with Crippen molar-refractivity contribution in [1.29, 1.82) is 0 Å². The first kappa shape index (κ1) is 17.9. The third kappa shape index (κ3) is 4.58. The second kappa shape index (κ2) is 8.45. The van der Waals surface area contributed by atoms with Gasteiger partial charge in [-0.2, -0.15) is 0 Å². The van der Waals surface area contributed by atoms with Crippen molar-refractivity contribution in [3.8, 4) is 0 Å². The number of benzene rings is 2. The molecule has 0 saturated heterocycles. The quantitative estimate of drug-likeness (QED) is 0.378. The molecule has 3 aromatic rings. The fourth-order valence-electron chi connectivity index (χ4n) is 2.46. The van der Waals surface area contributed by atoms with Crippen LogP contribution in [0.5, 0.6) is 0 Å². The van der Waals surface area contributed by atoms with Crippen LogP contribution in [0.25, 0.3) is 17.0 Å². The average molecular weight is 369 g/mol. The molecule has 0 bridgehead atoms. The number of esters is 1. The van der Waals surface area contributed by atoms with Crippen molar-refractivity contribution in [2.45, 2.75) is 13.0 Å². The van der Waals surface area contributed by atoms with E-state index >= 15 is 0 Å². The lowest BCUT2D eigenvalue weighted by Crippen LogP contribution is -2.21. The molecule has 6 heteroatoms. The summed E-state index contributed by atoms with van der Waals surface area (Å²) in [6.07, 6.45) is 5.08. The molecule has 0 fully saturated rings. The van der Waals surface area contributed by atoms with Crippen LogP contribution in [0.3, 0.4) is 0 Å². The number of rotatable bonds is 6. The number of halogens is 1. The Hall–Kier alpha value is -2.92. The average Bonchev–Trinajstić information content (AvgIpc) is 2.66. The van der Waals surface area contributed by atoms with Crippen LogP contribution in [-0.4, -0.2) is 22.1 Å². The van der Waals surface area contributed by atoms with Gasteiger partial charge in [0.25, 0.3) is 5.56 Å². The molecular weight excluding hydrogens is 352 g/mol. The van der Waals surface area contributed by atoms with Crippen LogP contribution >= 0.6 is 11.6 Å². The summed E-state index contributed by atoms with van der Waals surface area (Å²) >= 11 is 5.81. The molecule has 0 aliphatic carbocycles. The molecule has 0 unspecified atom stereocenters. The summed E-state index contributed by atoms with van der Waals surface area (Å²) in [5.74, 6) is -0.427. The number of para-hydroxylation sites is 1. The van der Waals surface area contributed by atoms with E-state index in [1.165, 1.54) is 17.0 Å². The lowest BCUT2D eigenvalue weighted by molar-refractivity contribution is -0.137. The van der Waals surface area contributed by atoms with E-state index in [1.807, 2.05) is 24.3 Å². The van der Waals surface area contributed by atoms with E-state index in [0.717, 1.165) is 5.56 Å². The van der Waals surface area contributed by atoms with Crippen LogP contribution in [-0.2, 0) is 16.1 Å². The molecule has 3 rings (SSSR count). The van der Waals surface area contributed by atoms with Gasteiger partial charge in [0, 0.05) is 17.6 Å². The summed E-state index contributed by atoms with van der Waals surface area (Å²) in [6.45, 7) is 0.661. The number of aryl methyl sites for hydroxylation is 1. The maximum atomic E-state index is 12.3. The van der Waals surface area contributed by atoms with Gasteiger partial charge in [-0.25, -0.2) is 9.78 Å². The van der Waals surface area contributed by atoms with Gasteiger partial charge in [-0.3, -0.25) is 9.36 Å². The Labute approximate surface area is 155 Å². The Morgan fingerprint density at radius 2 is 1.92 bits per heavy atom. The Balaban J connectivity index is 1.49. The molecule has 0 amide bonds. The first-order valence-corrected chi connectivity index (χ1v) is 8.56. The topological polar surface area (TPSA) is 61.2 Å². The van der Waals surface area contributed by atoms with E-state index in [-0.39, 0.29) is 12.2 Å². The molecule has 1 heterocycles. The third-order valence-corrected chi connectivity index (χ3v) is 4.05. The van der Waals surface area contributed by atoms with Crippen LogP contribution in [0.15, 0.2) is 65.7 Å². The molecule has 0 atom stereocenters. The first-order valence-electron chi connectivity index (χ1n) is 8.18. The van der Waals surface area contributed by atoms with Crippen molar-refractivity contribution in [1.82, 2.24) is 9.55 Å². The van der Waals surface area contributed by atoms with E-state index < -0.39 is 5.97 Å². The van der Waals surface area contributed by atoms with Crippen LogP contribution < -0.4 is 5.56 Å². The molecular formula is C20H17ClN2O3. The predicted molar refractivity (Wildman–Crippen MR) is 102 cm³/mol. The van der Waals surface area contributed by atoms with E-state index in [2.05, 4.69) is 4.98 Å². The van der Waals surface area contributed by atoms with Gasteiger partial charge in [0.1, 0.15) is 0 Å². The van der Waals surface area contributed by atoms with Crippen LogP contribution in [0, 0.1) is 0 Å². The highest BCUT2D eigenvalue weighted by Gasteiger charge is 2.03. The second-order valence-corrected chi connectivity index (χ2v) is 6.10.